The van der Waals surface area contributed by atoms with Gasteiger partial charge in [0.15, 0.2) is 11.6 Å². The first-order valence-corrected chi connectivity index (χ1v) is 7.90. The Balaban J connectivity index is 2.25. The number of hydrogen-bond donors (Lipinski definition) is 1. The molecule has 0 spiro atoms. The van der Waals surface area contributed by atoms with Crippen molar-refractivity contribution < 1.29 is 23.4 Å². The van der Waals surface area contributed by atoms with E-state index < -0.39 is 29.6 Å². The summed E-state index contributed by atoms with van der Waals surface area (Å²) in [6.07, 6.45) is -0.477. The summed E-state index contributed by atoms with van der Waals surface area (Å²) in [6.45, 7) is 6.34. The Bertz CT molecular complexity index is 588. The molecular weight excluding hydrogens is 315 g/mol. The molecular formula is C17H25FN2O4. The molecule has 2 unspecified atom stereocenters. The monoisotopic (exact) mass is 340 g/mol. The van der Waals surface area contributed by atoms with Gasteiger partial charge in [-0.05, 0) is 26.8 Å². The van der Waals surface area contributed by atoms with Crippen LogP contribution in [-0.4, -0.2) is 49.5 Å². The third-order valence-electron chi connectivity index (χ3n) is 3.78. The number of halogens is 1. The third-order valence-corrected chi connectivity index (χ3v) is 3.78. The minimum atomic E-state index is -0.757. The number of nitrogens with zero attached hydrogens (tertiary/aromatic N) is 1. The van der Waals surface area contributed by atoms with Crippen LogP contribution in [0.3, 0.4) is 0 Å². The standard InChI is InChI=1S/C17H25FN2O4/c1-17(2,3)24-16(21)20-8-9-23-10-12(20)15(19)11-6-5-7-13(22-4)14(11)18/h5-7,12,15H,8-10,19H2,1-4H3. The minimum absolute atomic E-state index is 0.114. The highest BCUT2D eigenvalue weighted by atomic mass is 19.1. The van der Waals surface area contributed by atoms with Gasteiger partial charge in [-0.3, -0.25) is 4.90 Å². The van der Waals surface area contributed by atoms with Crippen LogP contribution >= 0.6 is 0 Å². The van der Waals surface area contributed by atoms with Crippen molar-refractivity contribution in [3.63, 3.8) is 0 Å². The molecule has 0 bridgehead atoms. The number of hydrogen-bond acceptors (Lipinski definition) is 5. The molecule has 2 rings (SSSR count). The predicted octanol–water partition coefficient (Wildman–Crippen LogP) is 2.47. The van der Waals surface area contributed by atoms with Gasteiger partial charge in [0.05, 0.1) is 32.4 Å². The van der Waals surface area contributed by atoms with Crippen LogP contribution in [0.1, 0.15) is 32.4 Å². The van der Waals surface area contributed by atoms with Crippen LogP contribution in [0.4, 0.5) is 9.18 Å². The zero-order chi connectivity index (χ0) is 17.9. The SMILES string of the molecule is COc1cccc(C(N)C2COCCN2C(=O)OC(C)(C)C)c1F. The van der Waals surface area contributed by atoms with Crippen LogP contribution < -0.4 is 10.5 Å². The molecule has 1 aliphatic heterocycles. The van der Waals surface area contributed by atoms with E-state index in [9.17, 15) is 9.18 Å². The van der Waals surface area contributed by atoms with Crippen molar-refractivity contribution in [2.75, 3.05) is 26.9 Å². The molecule has 1 heterocycles. The average molecular weight is 340 g/mol. The zero-order valence-electron chi connectivity index (χ0n) is 14.5. The highest BCUT2D eigenvalue weighted by Crippen LogP contribution is 2.29. The van der Waals surface area contributed by atoms with Gasteiger partial charge in [0.2, 0.25) is 0 Å². The molecule has 2 atom stereocenters. The number of nitrogens with two attached hydrogens (primary N) is 1. The Hall–Kier alpha value is -1.86. The number of ether oxygens (including phenoxy) is 3. The van der Waals surface area contributed by atoms with Crippen molar-refractivity contribution in [2.45, 2.75) is 38.5 Å². The minimum Gasteiger partial charge on any atom is -0.494 e. The fraction of sp³-hybridized carbons (Fsp3) is 0.588. The number of benzene rings is 1. The van der Waals surface area contributed by atoms with Crippen LogP contribution in [0.5, 0.6) is 5.75 Å². The number of carbonyl (C=O) groups is 1. The molecule has 0 radical (unpaired) electrons. The van der Waals surface area contributed by atoms with Gasteiger partial charge < -0.3 is 19.9 Å². The van der Waals surface area contributed by atoms with Crippen LogP contribution in [0.2, 0.25) is 0 Å². The van der Waals surface area contributed by atoms with E-state index in [0.29, 0.717) is 13.2 Å². The summed E-state index contributed by atoms with van der Waals surface area (Å²) in [5.41, 5.74) is 5.92. The van der Waals surface area contributed by atoms with Crippen molar-refractivity contribution in [3.05, 3.63) is 29.6 Å². The first-order chi connectivity index (χ1) is 11.2. The van der Waals surface area contributed by atoms with Gasteiger partial charge in [-0.1, -0.05) is 12.1 Å². The summed E-state index contributed by atoms with van der Waals surface area (Å²) in [4.78, 5) is 14.0. The van der Waals surface area contributed by atoms with Crippen LogP contribution in [0, 0.1) is 5.82 Å². The van der Waals surface area contributed by atoms with E-state index >= 15 is 0 Å². The molecule has 1 aromatic carbocycles. The van der Waals surface area contributed by atoms with E-state index in [1.54, 1.807) is 32.9 Å². The maximum Gasteiger partial charge on any atom is 0.410 e. The zero-order valence-corrected chi connectivity index (χ0v) is 14.5. The lowest BCUT2D eigenvalue weighted by Gasteiger charge is -2.39. The molecule has 2 N–H and O–H groups in total. The molecule has 1 aromatic rings. The van der Waals surface area contributed by atoms with E-state index in [2.05, 4.69) is 0 Å². The van der Waals surface area contributed by atoms with Crippen LogP contribution in [-0.2, 0) is 9.47 Å². The lowest BCUT2D eigenvalue weighted by Crippen LogP contribution is -2.54. The number of amides is 1. The second kappa shape index (κ2) is 7.36. The molecule has 24 heavy (non-hydrogen) atoms. The number of methoxy groups -OCH3 is 1. The van der Waals surface area contributed by atoms with E-state index in [1.807, 2.05) is 0 Å². The van der Waals surface area contributed by atoms with Gasteiger partial charge in [0.25, 0.3) is 0 Å². The van der Waals surface area contributed by atoms with Gasteiger partial charge in [-0.2, -0.15) is 0 Å². The second-order valence-corrected chi connectivity index (χ2v) is 6.71. The molecule has 1 saturated heterocycles. The first kappa shape index (κ1) is 18.5. The van der Waals surface area contributed by atoms with E-state index in [1.165, 1.54) is 18.1 Å². The molecule has 0 saturated carbocycles. The lowest BCUT2D eigenvalue weighted by atomic mass is 9.98. The molecule has 0 aromatic heterocycles. The smallest absolute Gasteiger partial charge is 0.410 e. The summed E-state index contributed by atoms with van der Waals surface area (Å²) in [5, 5.41) is 0. The van der Waals surface area contributed by atoms with Gasteiger partial charge in [0, 0.05) is 12.1 Å². The molecule has 7 heteroatoms. The summed E-state index contributed by atoms with van der Waals surface area (Å²) in [6, 6.07) is 3.50. The Morgan fingerprint density at radius 3 is 2.79 bits per heavy atom. The molecule has 1 fully saturated rings. The molecule has 1 aliphatic rings. The fourth-order valence-corrected chi connectivity index (χ4v) is 2.62. The van der Waals surface area contributed by atoms with Gasteiger partial charge in [0.1, 0.15) is 5.60 Å². The Labute approximate surface area is 141 Å². The van der Waals surface area contributed by atoms with E-state index in [0.717, 1.165) is 0 Å². The van der Waals surface area contributed by atoms with Crippen molar-refractivity contribution in [1.29, 1.82) is 0 Å². The lowest BCUT2D eigenvalue weighted by molar-refractivity contribution is -0.0384. The fourth-order valence-electron chi connectivity index (χ4n) is 2.62. The summed E-state index contributed by atoms with van der Waals surface area (Å²) in [7, 11) is 1.39. The topological polar surface area (TPSA) is 74.0 Å². The maximum absolute atomic E-state index is 14.5. The molecule has 1 amide bonds. The van der Waals surface area contributed by atoms with Crippen molar-refractivity contribution >= 4 is 6.09 Å². The molecule has 0 aliphatic carbocycles. The first-order valence-electron chi connectivity index (χ1n) is 7.90. The predicted molar refractivity (Wildman–Crippen MR) is 87.4 cm³/mol. The molecule has 6 nitrogen and oxygen atoms in total. The van der Waals surface area contributed by atoms with Crippen molar-refractivity contribution in [3.8, 4) is 5.75 Å². The second-order valence-electron chi connectivity index (χ2n) is 6.71. The highest BCUT2D eigenvalue weighted by molar-refractivity contribution is 5.69. The largest absolute Gasteiger partial charge is 0.494 e. The number of carbonyl (C=O) groups excluding carboxylic acids is 1. The van der Waals surface area contributed by atoms with E-state index in [4.69, 9.17) is 19.9 Å². The van der Waals surface area contributed by atoms with Gasteiger partial charge in [-0.25, -0.2) is 9.18 Å². The Kier molecular flexibility index (Phi) is 5.66. The number of rotatable bonds is 3. The summed E-state index contributed by atoms with van der Waals surface area (Å²) >= 11 is 0. The van der Waals surface area contributed by atoms with Crippen LogP contribution in [0.15, 0.2) is 18.2 Å². The Morgan fingerprint density at radius 1 is 1.46 bits per heavy atom. The van der Waals surface area contributed by atoms with Gasteiger partial charge >= 0.3 is 6.09 Å². The van der Waals surface area contributed by atoms with Gasteiger partial charge in [-0.15, -0.1) is 0 Å². The highest BCUT2D eigenvalue weighted by Gasteiger charge is 2.36. The molecule has 134 valence electrons. The summed E-state index contributed by atoms with van der Waals surface area (Å²) in [5.74, 6) is -0.411. The Morgan fingerprint density at radius 2 is 2.17 bits per heavy atom. The van der Waals surface area contributed by atoms with Crippen molar-refractivity contribution in [2.24, 2.45) is 5.73 Å². The number of morpholine rings is 1. The maximum atomic E-state index is 14.5. The quantitative estimate of drug-likeness (QED) is 0.915. The van der Waals surface area contributed by atoms with Crippen LogP contribution in [0.25, 0.3) is 0 Å². The normalized spacial score (nSPS) is 19.8. The van der Waals surface area contributed by atoms with Crippen molar-refractivity contribution in [1.82, 2.24) is 4.90 Å². The third kappa shape index (κ3) is 4.15. The average Bonchev–Trinajstić information content (AvgIpc) is 2.53. The van der Waals surface area contributed by atoms with E-state index in [-0.39, 0.29) is 17.9 Å². The summed E-state index contributed by atoms with van der Waals surface area (Å²) < 4.78 is 30.4.